The van der Waals surface area contributed by atoms with Crippen LogP contribution in [0.25, 0.3) is 0 Å². The molecule has 2 rings (SSSR count). The van der Waals surface area contributed by atoms with E-state index in [1.54, 1.807) is 0 Å². The molecule has 0 saturated heterocycles. The monoisotopic (exact) mass is 218 g/mol. The highest BCUT2D eigenvalue weighted by molar-refractivity contribution is 5.25. The highest BCUT2D eigenvalue weighted by Crippen LogP contribution is 2.34. The Balaban J connectivity index is 2.18. The van der Waals surface area contributed by atoms with E-state index >= 15 is 0 Å². The molecule has 1 fully saturated rings. The number of pyridine rings is 1. The van der Waals surface area contributed by atoms with Crippen LogP contribution in [0.3, 0.4) is 0 Å². The highest BCUT2D eigenvalue weighted by Gasteiger charge is 2.24. The zero-order valence-corrected chi connectivity index (χ0v) is 10.4. The zero-order chi connectivity index (χ0) is 11.4. The third-order valence-corrected chi connectivity index (χ3v) is 3.85. The van der Waals surface area contributed by atoms with E-state index in [0.717, 1.165) is 5.92 Å². The van der Waals surface area contributed by atoms with Gasteiger partial charge in [0.25, 0.3) is 0 Å². The molecule has 2 nitrogen and oxygen atoms in total. The maximum atomic E-state index is 4.27. The van der Waals surface area contributed by atoms with E-state index in [-0.39, 0.29) is 0 Å². The Kier molecular flexibility index (Phi) is 3.94. The van der Waals surface area contributed by atoms with Crippen LogP contribution in [-0.2, 0) is 0 Å². The van der Waals surface area contributed by atoms with E-state index in [1.165, 1.54) is 43.2 Å². The lowest BCUT2D eigenvalue weighted by molar-refractivity contribution is 0.280. The summed E-state index contributed by atoms with van der Waals surface area (Å²) in [5, 5.41) is 3.49. The molecule has 1 unspecified atom stereocenters. The summed E-state index contributed by atoms with van der Waals surface area (Å²) in [4.78, 5) is 4.27. The zero-order valence-electron chi connectivity index (χ0n) is 10.4. The summed E-state index contributed by atoms with van der Waals surface area (Å²) >= 11 is 0. The summed E-state index contributed by atoms with van der Waals surface area (Å²) in [6.07, 6.45) is 10.8. The number of hydrogen-bond donors (Lipinski definition) is 1. The van der Waals surface area contributed by atoms with Crippen molar-refractivity contribution >= 4 is 0 Å². The summed E-state index contributed by atoms with van der Waals surface area (Å²) in [5.41, 5.74) is 2.75. The average molecular weight is 218 g/mol. The molecule has 1 saturated carbocycles. The fraction of sp³-hybridized carbons (Fsp3) is 0.643. The Morgan fingerprint density at radius 1 is 1.31 bits per heavy atom. The molecule has 1 aromatic heterocycles. The van der Waals surface area contributed by atoms with Crippen molar-refractivity contribution < 1.29 is 0 Å². The van der Waals surface area contributed by atoms with Gasteiger partial charge in [-0.3, -0.25) is 4.98 Å². The lowest BCUT2D eigenvalue weighted by atomic mass is 9.80. The first-order chi connectivity index (χ1) is 7.83. The SMILES string of the molecule is CNC(c1cnccc1C)C1CCCCC1. The molecule has 1 N–H and O–H groups in total. The molecule has 0 bridgehead atoms. The van der Waals surface area contributed by atoms with Crippen molar-refractivity contribution in [2.75, 3.05) is 7.05 Å². The van der Waals surface area contributed by atoms with Crippen molar-refractivity contribution in [2.24, 2.45) is 5.92 Å². The number of aryl methyl sites for hydroxylation is 1. The Morgan fingerprint density at radius 2 is 2.06 bits per heavy atom. The van der Waals surface area contributed by atoms with Gasteiger partial charge in [0.15, 0.2) is 0 Å². The van der Waals surface area contributed by atoms with Crippen LogP contribution in [0, 0.1) is 12.8 Å². The average Bonchev–Trinajstić information content (AvgIpc) is 2.34. The van der Waals surface area contributed by atoms with Gasteiger partial charge < -0.3 is 5.32 Å². The topological polar surface area (TPSA) is 24.9 Å². The second kappa shape index (κ2) is 5.44. The second-order valence-corrected chi connectivity index (χ2v) is 4.90. The number of rotatable bonds is 3. The van der Waals surface area contributed by atoms with Crippen molar-refractivity contribution in [3.05, 3.63) is 29.6 Å². The lowest BCUT2D eigenvalue weighted by Crippen LogP contribution is -2.27. The molecule has 88 valence electrons. The number of aromatic nitrogens is 1. The van der Waals surface area contributed by atoms with Gasteiger partial charge in [-0.15, -0.1) is 0 Å². The van der Waals surface area contributed by atoms with E-state index in [0.29, 0.717) is 6.04 Å². The summed E-state index contributed by atoms with van der Waals surface area (Å²) in [6.45, 7) is 2.18. The van der Waals surface area contributed by atoms with Gasteiger partial charge in [0.2, 0.25) is 0 Å². The minimum Gasteiger partial charge on any atom is -0.313 e. The van der Waals surface area contributed by atoms with Crippen molar-refractivity contribution in [1.82, 2.24) is 10.3 Å². The Bertz CT molecular complexity index is 329. The van der Waals surface area contributed by atoms with Crippen molar-refractivity contribution in [3.63, 3.8) is 0 Å². The van der Waals surface area contributed by atoms with Gasteiger partial charge in [0.05, 0.1) is 0 Å². The molecule has 16 heavy (non-hydrogen) atoms. The molecule has 2 heteroatoms. The van der Waals surface area contributed by atoms with Gasteiger partial charge in [0, 0.05) is 18.4 Å². The molecule has 1 aromatic rings. The standard InChI is InChI=1S/C14H22N2/c1-11-8-9-16-10-13(11)14(15-2)12-6-4-3-5-7-12/h8-10,12,14-15H,3-7H2,1-2H3. The Labute approximate surface area is 98.5 Å². The first kappa shape index (κ1) is 11.6. The molecule has 0 aromatic carbocycles. The molecule has 0 amide bonds. The molecular weight excluding hydrogens is 196 g/mol. The summed E-state index contributed by atoms with van der Waals surface area (Å²) in [5.74, 6) is 0.793. The van der Waals surface area contributed by atoms with E-state index in [2.05, 4.69) is 30.3 Å². The van der Waals surface area contributed by atoms with Crippen LogP contribution >= 0.6 is 0 Å². The fourth-order valence-electron chi connectivity index (χ4n) is 2.91. The van der Waals surface area contributed by atoms with E-state index in [9.17, 15) is 0 Å². The van der Waals surface area contributed by atoms with Crippen LogP contribution in [0.4, 0.5) is 0 Å². The second-order valence-electron chi connectivity index (χ2n) is 4.90. The van der Waals surface area contributed by atoms with Gasteiger partial charge >= 0.3 is 0 Å². The first-order valence-corrected chi connectivity index (χ1v) is 6.40. The Morgan fingerprint density at radius 3 is 2.69 bits per heavy atom. The largest absolute Gasteiger partial charge is 0.313 e. The van der Waals surface area contributed by atoms with Crippen molar-refractivity contribution in [1.29, 1.82) is 0 Å². The number of hydrogen-bond acceptors (Lipinski definition) is 2. The van der Waals surface area contributed by atoms with E-state index in [4.69, 9.17) is 0 Å². The third-order valence-electron chi connectivity index (χ3n) is 3.85. The summed E-state index contributed by atoms with van der Waals surface area (Å²) < 4.78 is 0. The fourth-order valence-corrected chi connectivity index (χ4v) is 2.91. The van der Waals surface area contributed by atoms with Gasteiger partial charge in [-0.05, 0) is 49.9 Å². The first-order valence-electron chi connectivity index (χ1n) is 6.40. The van der Waals surface area contributed by atoms with Crippen LogP contribution in [0.2, 0.25) is 0 Å². The maximum absolute atomic E-state index is 4.27. The summed E-state index contributed by atoms with van der Waals surface area (Å²) in [7, 11) is 2.08. The summed E-state index contributed by atoms with van der Waals surface area (Å²) in [6, 6.07) is 2.61. The maximum Gasteiger partial charge on any atom is 0.0364 e. The molecule has 0 radical (unpaired) electrons. The van der Waals surface area contributed by atoms with Crippen molar-refractivity contribution in [3.8, 4) is 0 Å². The lowest BCUT2D eigenvalue weighted by Gasteiger charge is -2.31. The molecule has 0 spiro atoms. The van der Waals surface area contributed by atoms with Crippen LogP contribution < -0.4 is 5.32 Å². The van der Waals surface area contributed by atoms with E-state index < -0.39 is 0 Å². The molecule has 0 aliphatic heterocycles. The predicted molar refractivity (Wildman–Crippen MR) is 67.3 cm³/mol. The normalized spacial score (nSPS) is 19.6. The number of nitrogens with one attached hydrogen (secondary N) is 1. The quantitative estimate of drug-likeness (QED) is 0.842. The molecule has 1 atom stereocenters. The van der Waals surface area contributed by atoms with Gasteiger partial charge in [-0.1, -0.05) is 19.3 Å². The molecule has 1 aliphatic carbocycles. The molecule has 1 aliphatic rings. The van der Waals surface area contributed by atoms with Gasteiger partial charge in [-0.25, -0.2) is 0 Å². The highest BCUT2D eigenvalue weighted by atomic mass is 14.9. The molecule has 1 heterocycles. The van der Waals surface area contributed by atoms with Crippen LogP contribution in [0.5, 0.6) is 0 Å². The number of nitrogens with zero attached hydrogens (tertiary/aromatic N) is 1. The Hall–Kier alpha value is -0.890. The smallest absolute Gasteiger partial charge is 0.0364 e. The van der Waals surface area contributed by atoms with Crippen LogP contribution in [0.15, 0.2) is 18.5 Å². The predicted octanol–water partition coefficient (Wildman–Crippen LogP) is 3.23. The minimum atomic E-state index is 0.494. The van der Waals surface area contributed by atoms with Gasteiger partial charge in [0.1, 0.15) is 0 Å². The van der Waals surface area contributed by atoms with E-state index in [1.807, 2.05) is 12.4 Å². The van der Waals surface area contributed by atoms with Gasteiger partial charge in [-0.2, -0.15) is 0 Å². The van der Waals surface area contributed by atoms with Crippen molar-refractivity contribution in [2.45, 2.75) is 45.1 Å². The molecular formula is C14H22N2. The minimum absolute atomic E-state index is 0.494. The van der Waals surface area contributed by atoms with Crippen LogP contribution in [-0.4, -0.2) is 12.0 Å². The third kappa shape index (κ3) is 2.43. The van der Waals surface area contributed by atoms with Crippen LogP contribution in [0.1, 0.15) is 49.3 Å².